The number of alkyl carbamates (subject to hydrolysis) is 1. The van der Waals surface area contributed by atoms with Crippen molar-refractivity contribution < 1.29 is 9.53 Å². The Labute approximate surface area is 125 Å². The van der Waals surface area contributed by atoms with Gasteiger partial charge in [-0.05, 0) is 45.7 Å². The second kappa shape index (κ2) is 7.44. The van der Waals surface area contributed by atoms with E-state index in [-0.39, 0.29) is 6.04 Å². The third-order valence-electron chi connectivity index (χ3n) is 2.45. The highest BCUT2D eigenvalue weighted by molar-refractivity contribution is 5.68. The molecule has 0 saturated heterocycles. The van der Waals surface area contributed by atoms with E-state index in [1.165, 1.54) is 6.20 Å². The highest BCUT2D eigenvalue weighted by Crippen LogP contribution is 2.08. The third kappa shape index (κ3) is 7.11. The Morgan fingerprint density at radius 3 is 2.86 bits per heavy atom. The van der Waals surface area contributed by atoms with E-state index < -0.39 is 11.7 Å². The lowest BCUT2D eigenvalue weighted by molar-refractivity contribution is 0.0509. The van der Waals surface area contributed by atoms with Crippen molar-refractivity contribution in [3.63, 3.8) is 0 Å². The number of nitriles is 1. The van der Waals surface area contributed by atoms with Gasteiger partial charge in [-0.1, -0.05) is 12.2 Å². The molecule has 0 aromatic carbocycles. The first-order chi connectivity index (χ1) is 9.80. The molecule has 5 heteroatoms. The van der Waals surface area contributed by atoms with Gasteiger partial charge in [-0.2, -0.15) is 5.26 Å². The van der Waals surface area contributed by atoms with Crippen LogP contribution in [0.1, 0.15) is 45.2 Å². The van der Waals surface area contributed by atoms with Gasteiger partial charge >= 0.3 is 6.09 Å². The number of nitrogens with zero attached hydrogens (tertiary/aromatic N) is 2. The van der Waals surface area contributed by atoms with E-state index in [1.54, 1.807) is 12.3 Å². The van der Waals surface area contributed by atoms with Crippen LogP contribution in [0, 0.1) is 11.3 Å². The molecule has 0 aliphatic rings. The molecule has 0 fully saturated rings. The average Bonchev–Trinajstić information content (AvgIpc) is 2.36. The smallest absolute Gasteiger partial charge is 0.407 e. The Balaban J connectivity index is 2.45. The van der Waals surface area contributed by atoms with Crippen molar-refractivity contribution >= 4 is 12.2 Å². The highest BCUT2D eigenvalue weighted by Gasteiger charge is 2.17. The zero-order valence-corrected chi connectivity index (χ0v) is 12.9. The van der Waals surface area contributed by atoms with E-state index in [0.29, 0.717) is 12.0 Å². The predicted molar refractivity (Wildman–Crippen MR) is 81.4 cm³/mol. The fourth-order valence-corrected chi connectivity index (χ4v) is 1.59. The fourth-order valence-electron chi connectivity index (χ4n) is 1.59. The number of carbonyl (C=O) groups is 1. The molecule has 0 radical (unpaired) electrons. The molecule has 0 unspecified atom stereocenters. The van der Waals surface area contributed by atoms with Gasteiger partial charge in [-0.25, -0.2) is 4.79 Å². The van der Waals surface area contributed by atoms with Crippen molar-refractivity contribution in [3.8, 4) is 6.07 Å². The number of carbonyl (C=O) groups excluding carboxylic acids is 1. The van der Waals surface area contributed by atoms with Gasteiger partial charge in [0.05, 0.1) is 5.56 Å². The molecule has 1 aromatic rings. The van der Waals surface area contributed by atoms with Gasteiger partial charge in [0.15, 0.2) is 0 Å². The number of amides is 1. The van der Waals surface area contributed by atoms with Crippen LogP contribution in [-0.4, -0.2) is 22.7 Å². The van der Waals surface area contributed by atoms with Gasteiger partial charge in [0, 0.05) is 18.4 Å². The summed E-state index contributed by atoms with van der Waals surface area (Å²) < 4.78 is 5.18. The highest BCUT2D eigenvalue weighted by atomic mass is 16.6. The minimum atomic E-state index is -0.497. The molecule has 0 aliphatic carbocycles. The van der Waals surface area contributed by atoms with E-state index in [4.69, 9.17) is 10.00 Å². The summed E-state index contributed by atoms with van der Waals surface area (Å²) in [6, 6.07) is 3.77. The molecule has 21 heavy (non-hydrogen) atoms. The second-order valence-corrected chi connectivity index (χ2v) is 5.80. The molecule has 5 nitrogen and oxygen atoms in total. The summed E-state index contributed by atoms with van der Waals surface area (Å²) in [4.78, 5) is 15.6. The molecule has 1 rings (SSSR count). The Kier molecular flexibility index (Phi) is 5.92. The van der Waals surface area contributed by atoms with Crippen molar-refractivity contribution in [2.24, 2.45) is 0 Å². The van der Waals surface area contributed by atoms with Crippen LogP contribution in [0.5, 0.6) is 0 Å². The number of rotatable bonds is 4. The first-order valence-electron chi connectivity index (χ1n) is 6.81. The minimum absolute atomic E-state index is 0.0387. The third-order valence-corrected chi connectivity index (χ3v) is 2.45. The number of nitrogens with one attached hydrogen (secondary N) is 1. The fraction of sp³-hybridized carbons (Fsp3) is 0.438. The molecular weight excluding hydrogens is 266 g/mol. The van der Waals surface area contributed by atoms with Crippen LogP contribution in [0.4, 0.5) is 4.79 Å². The molecule has 1 heterocycles. The van der Waals surface area contributed by atoms with Crippen molar-refractivity contribution in [3.05, 3.63) is 35.7 Å². The number of pyridine rings is 1. The van der Waals surface area contributed by atoms with E-state index in [2.05, 4.69) is 10.3 Å². The van der Waals surface area contributed by atoms with Crippen molar-refractivity contribution in [1.82, 2.24) is 10.3 Å². The molecule has 0 aliphatic heterocycles. The van der Waals surface area contributed by atoms with Crippen molar-refractivity contribution in [2.45, 2.75) is 45.8 Å². The van der Waals surface area contributed by atoms with E-state index in [0.717, 1.165) is 5.56 Å². The van der Waals surface area contributed by atoms with Gasteiger partial charge in [0.25, 0.3) is 0 Å². The Hall–Kier alpha value is -2.35. The lowest BCUT2D eigenvalue weighted by Gasteiger charge is -2.21. The first-order valence-corrected chi connectivity index (χ1v) is 6.81. The molecule has 0 saturated carbocycles. The molecule has 112 valence electrons. The van der Waals surface area contributed by atoms with Gasteiger partial charge in [-0.3, -0.25) is 4.98 Å². The summed E-state index contributed by atoms with van der Waals surface area (Å²) in [6.07, 6.45) is 7.25. The van der Waals surface area contributed by atoms with Crippen LogP contribution in [0.15, 0.2) is 24.5 Å². The van der Waals surface area contributed by atoms with Crippen LogP contribution in [0.3, 0.4) is 0 Å². The standard InChI is InChI=1S/C16H21N3O2/c1-12(19-15(20)21-16(2,3)4)6-5-7-13-8-14(9-17)11-18-10-13/h5,7-8,10-12H,6H2,1-4H3,(H,19,20)/b7-5+/t12-/m0/s1. The molecular formula is C16H21N3O2. The average molecular weight is 287 g/mol. The molecule has 1 amide bonds. The first kappa shape index (κ1) is 16.7. The lowest BCUT2D eigenvalue weighted by atomic mass is 10.1. The topological polar surface area (TPSA) is 75.0 Å². The zero-order chi connectivity index (χ0) is 15.9. The molecule has 1 N–H and O–H groups in total. The van der Waals surface area contributed by atoms with E-state index in [9.17, 15) is 4.79 Å². The quantitative estimate of drug-likeness (QED) is 0.922. The molecule has 0 spiro atoms. The van der Waals surface area contributed by atoms with Gasteiger partial charge in [0.1, 0.15) is 11.7 Å². The Morgan fingerprint density at radius 2 is 2.24 bits per heavy atom. The van der Waals surface area contributed by atoms with E-state index in [1.807, 2.05) is 45.9 Å². The van der Waals surface area contributed by atoms with Gasteiger partial charge < -0.3 is 10.1 Å². The van der Waals surface area contributed by atoms with Crippen molar-refractivity contribution in [1.29, 1.82) is 5.26 Å². The molecule has 1 aromatic heterocycles. The van der Waals surface area contributed by atoms with Crippen LogP contribution in [0.2, 0.25) is 0 Å². The number of hydrogen-bond acceptors (Lipinski definition) is 4. The summed E-state index contributed by atoms with van der Waals surface area (Å²) in [6.45, 7) is 7.38. The van der Waals surface area contributed by atoms with Crippen LogP contribution >= 0.6 is 0 Å². The maximum Gasteiger partial charge on any atom is 0.407 e. The predicted octanol–water partition coefficient (Wildman–Crippen LogP) is 3.27. The SMILES string of the molecule is C[C@@H](C/C=C/c1cncc(C#N)c1)NC(=O)OC(C)(C)C. The lowest BCUT2D eigenvalue weighted by Crippen LogP contribution is -2.37. The maximum absolute atomic E-state index is 11.6. The maximum atomic E-state index is 11.6. The van der Waals surface area contributed by atoms with Crippen molar-refractivity contribution in [2.75, 3.05) is 0 Å². The van der Waals surface area contributed by atoms with E-state index >= 15 is 0 Å². The van der Waals surface area contributed by atoms with Crippen LogP contribution < -0.4 is 5.32 Å². The van der Waals surface area contributed by atoms with Crippen LogP contribution in [0.25, 0.3) is 6.08 Å². The summed E-state index contributed by atoms with van der Waals surface area (Å²) in [5, 5.41) is 11.6. The summed E-state index contributed by atoms with van der Waals surface area (Å²) >= 11 is 0. The zero-order valence-electron chi connectivity index (χ0n) is 12.9. The largest absolute Gasteiger partial charge is 0.444 e. The number of aromatic nitrogens is 1. The summed E-state index contributed by atoms with van der Waals surface area (Å²) in [5.74, 6) is 0. The second-order valence-electron chi connectivity index (χ2n) is 5.80. The molecule has 1 atom stereocenters. The van der Waals surface area contributed by atoms with Crippen LogP contribution in [-0.2, 0) is 4.74 Å². The number of ether oxygens (including phenoxy) is 1. The molecule has 0 bridgehead atoms. The Morgan fingerprint density at radius 1 is 1.52 bits per heavy atom. The monoisotopic (exact) mass is 287 g/mol. The van der Waals surface area contributed by atoms with Gasteiger partial charge in [0.2, 0.25) is 0 Å². The van der Waals surface area contributed by atoms with Gasteiger partial charge in [-0.15, -0.1) is 0 Å². The number of hydrogen-bond donors (Lipinski definition) is 1. The summed E-state index contributed by atoms with van der Waals surface area (Å²) in [5.41, 5.74) is 0.888. The normalized spacial score (nSPS) is 12.7. The Bertz CT molecular complexity index is 553. The summed E-state index contributed by atoms with van der Waals surface area (Å²) in [7, 11) is 0. The minimum Gasteiger partial charge on any atom is -0.444 e.